The summed E-state index contributed by atoms with van der Waals surface area (Å²) in [6.45, 7) is 2.00. The van der Waals surface area contributed by atoms with Crippen LogP contribution in [0.5, 0.6) is 0 Å². The van der Waals surface area contributed by atoms with Crippen molar-refractivity contribution in [1.82, 2.24) is 0 Å². The third kappa shape index (κ3) is 4.67. The molecule has 0 bridgehead atoms. The highest BCUT2D eigenvalue weighted by atomic mass is 16.2. The average Bonchev–Trinajstić information content (AvgIpc) is 2.70. The minimum absolute atomic E-state index is 0.161. The van der Waals surface area contributed by atoms with Crippen LogP contribution < -0.4 is 21.5 Å². The predicted molar refractivity (Wildman–Crippen MR) is 113 cm³/mol. The molecule has 0 unspecified atom stereocenters. The molecule has 0 aliphatic rings. The van der Waals surface area contributed by atoms with Gasteiger partial charge in [-0.1, -0.05) is 17.7 Å². The number of hydrazine groups is 1. The van der Waals surface area contributed by atoms with Crippen molar-refractivity contribution in [3.63, 3.8) is 0 Å². The van der Waals surface area contributed by atoms with Crippen LogP contribution in [0.25, 0.3) is 0 Å². The monoisotopic (exact) mass is 374 g/mol. The molecule has 0 fully saturated rings. The van der Waals surface area contributed by atoms with Crippen LogP contribution >= 0.6 is 0 Å². The van der Waals surface area contributed by atoms with Gasteiger partial charge in [0.05, 0.1) is 11.4 Å². The third-order valence-corrected chi connectivity index (χ3v) is 4.29. The molecule has 0 saturated heterocycles. The molecule has 0 saturated carbocycles. The number of nitrogens with zero attached hydrogens (tertiary/aromatic N) is 1. The van der Waals surface area contributed by atoms with Gasteiger partial charge in [-0.25, -0.2) is 0 Å². The van der Waals surface area contributed by atoms with Crippen LogP contribution in [0.1, 0.15) is 26.3 Å². The minimum Gasteiger partial charge on any atom is -0.366 e. The number of carbonyl (C=O) groups excluding carboxylic acids is 2. The zero-order valence-electron chi connectivity index (χ0n) is 15.8. The molecule has 0 atom stereocenters. The summed E-state index contributed by atoms with van der Waals surface area (Å²) < 4.78 is 0. The van der Waals surface area contributed by atoms with Gasteiger partial charge in [-0.3, -0.25) is 20.0 Å². The van der Waals surface area contributed by atoms with Crippen molar-refractivity contribution in [2.45, 2.75) is 6.92 Å². The number of hydrogen-bond donors (Lipinski definition) is 3. The Bertz CT molecular complexity index is 965. The molecular weight excluding hydrogens is 352 g/mol. The van der Waals surface area contributed by atoms with Gasteiger partial charge in [0.2, 0.25) is 5.91 Å². The van der Waals surface area contributed by atoms with E-state index in [-0.39, 0.29) is 5.91 Å². The van der Waals surface area contributed by atoms with Gasteiger partial charge < -0.3 is 11.1 Å². The Morgan fingerprint density at radius 1 is 0.786 bits per heavy atom. The number of aryl methyl sites for hydroxylation is 1. The molecule has 6 heteroatoms. The van der Waals surface area contributed by atoms with E-state index in [1.54, 1.807) is 36.4 Å². The Labute approximate surface area is 163 Å². The quantitative estimate of drug-likeness (QED) is 0.573. The molecule has 0 heterocycles. The van der Waals surface area contributed by atoms with Crippen molar-refractivity contribution < 1.29 is 9.59 Å². The number of benzene rings is 3. The van der Waals surface area contributed by atoms with E-state index in [0.717, 1.165) is 22.6 Å². The molecule has 142 valence electrons. The van der Waals surface area contributed by atoms with Gasteiger partial charge in [0.1, 0.15) is 0 Å². The summed E-state index contributed by atoms with van der Waals surface area (Å²) in [4.78, 5) is 23.5. The van der Waals surface area contributed by atoms with Gasteiger partial charge in [-0.2, -0.15) is 0 Å². The largest absolute Gasteiger partial charge is 0.366 e. The summed E-state index contributed by atoms with van der Waals surface area (Å²) >= 11 is 0. The lowest BCUT2D eigenvalue weighted by molar-refractivity contribution is 0.0997. The molecular formula is C22H22N4O2. The van der Waals surface area contributed by atoms with Crippen LogP contribution in [0.4, 0.5) is 17.1 Å². The van der Waals surface area contributed by atoms with E-state index in [2.05, 4.69) is 10.7 Å². The smallest absolute Gasteiger partial charge is 0.255 e. The predicted octanol–water partition coefficient (Wildman–Crippen LogP) is 3.81. The topological polar surface area (TPSA) is 87.5 Å². The lowest BCUT2D eigenvalue weighted by Crippen LogP contribution is -2.24. The number of amides is 2. The van der Waals surface area contributed by atoms with Crippen LogP contribution in [0.15, 0.2) is 72.8 Å². The second-order valence-electron chi connectivity index (χ2n) is 6.48. The average molecular weight is 374 g/mol. The molecule has 4 N–H and O–H groups in total. The van der Waals surface area contributed by atoms with Gasteiger partial charge in [0.25, 0.3) is 5.91 Å². The Morgan fingerprint density at radius 3 is 1.89 bits per heavy atom. The van der Waals surface area contributed by atoms with Crippen molar-refractivity contribution in [2.24, 2.45) is 5.73 Å². The first-order valence-electron chi connectivity index (χ1n) is 8.81. The van der Waals surface area contributed by atoms with Gasteiger partial charge in [0.15, 0.2) is 0 Å². The standard InChI is InChI=1S/C22H22N4O2/c1-15-3-9-18(10-4-15)24-22(28)17-5-11-19(12-6-17)25-26(2)20-13-7-16(8-14-20)21(23)27/h3-14,25H,1-2H3,(H2,23,27)(H,24,28). The lowest BCUT2D eigenvalue weighted by atomic mass is 10.1. The lowest BCUT2D eigenvalue weighted by Gasteiger charge is -2.22. The van der Waals surface area contributed by atoms with E-state index in [9.17, 15) is 9.59 Å². The van der Waals surface area contributed by atoms with Crippen LogP contribution in [-0.2, 0) is 0 Å². The van der Waals surface area contributed by atoms with Crippen molar-refractivity contribution in [3.8, 4) is 0 Å². The van der Waals surface area contributed by atoms with Crippen molar-refractivity contribution in [2.75, 3.05) is 22.8 Å². The second kappa shape index (κ2) is 8.26. The number of carbonyl (C=O) groups is 2. The molecule has 0 aromatic heterocycles. The van der Waals surface area contributed by atoms with Crippen molar-refractivity contribution in [3.05, 3.63) is 89.5 Å². The zero-order valence-corrected chi connectivity index (χ0v) is 15.8. The minimum atomic E-state index is -0.457. The zero-order chi connectivity index (χ0) is 20.1. The maximum Gasteiger partial charge on any atom is 0.255 e. The first kappa shape index (κ1) is 19.0. The highest BCUT2D eigenvalue weighted by Crippen LogP contribution is 2.17. The number of hydrogen-bond acceptors (Lipinski definition) is 4. The summed E-state index contributed by atoms with van der Waals surface area (Å²) in [6.07, 6.45) is 0. The Morgan fingerprint density at radius 2 is 1.32 bits per heavy atom. The molecule has 0 spiro atoms. The third-order valence-electron chi connectivity index (χ3n) is 4.29. The first-order chi connectivity index (χ1) is 13.4. The van der Waals surface area contributed by atoms with Gasteiger partial charge in [0, 0.05) is 23.9 Å². The summed E-state index contributed by atoms with van der Waals surface area (Å²) in [5.74, 6) is -0.618. The van der Waals surface area contributed by atoms with E-state index in [0.29, 0.717) is 11.1 Å². The van der Waals surface area contributed by atoms with Crippen molar-refractivity contribution >= 4 is 28.9 Å². The Kier molecular flexibility index (Phi) is 5.60. The summed E-state index contributed by atoms with van der Waals surface area (Å²) in [5, 5.41) is 4.69. The fourth-order valence-electron chi connectivity index (χ4n) is 2.64. The Hall–Kier alpha value is -3.80. The van der Waals surface area contributed by atoms with E-state index < -0.39 is 5.91 Å². The maximum atomic E-state index is 12.4. The van der Waals surface area contributed by atoms with E-state index in [4.69, 9.17) is 5.73 Å². The van der Waals surface area contributed by atoms with Crippen LogP contribution in [0.3, 0.4) is 0 Å². The second-order valence-corrected chi connectivity index (χ2v) is 6.48. The van der Waals surface area contributed by atoms with Crippen LogP contribution in [0, 0.1) is 6.92 Å². The Balaban J connectivity index is 1.62. The number of anilines is 3. The molecule has 0 aliphatic heterocycles. The molecule has 0 aliphatic carbocycles. The first-order valence-corrected chi connectivity index (χ1v) is 8.81. The number of nitrogens with two attached hydrogens (primary N) is 1. The maximum absolute atomic E-state index is 12.4. The molecule has 0 radical (unpaired) electrons. The number of primary amides is 1. The summed E-state index contributed by atoms with van der Waals surface area (Å²) in [5.41, 5.74) is 13.1. The summed E-state index contributed by atoms with van der Waals surface area (Å²) in [6, 6.07) is 21.8. The van der Waals surface area contributed by atoms with E-state index >= 15 is 0 Å². The molecule has 2 amide bonds. The molecule has 28 heavy (non-hydrogen) atoms. The van der Waals surface area contributed by atoms with Crippen molar-refractivity contribution in [1.29, 1.82) is 0 Å². The van der Waals surface area contributed by atoms with Gasteiger partial charge in [-0.05, 0) is 67.6 Å². The van der Waals surface area contributed by atoms with Gasteiger partial charge >= 0.3 is 0 Å². The molecule has 6 nitrogen and oxygen atoms in total. The fourth-order valence-corrected chi connectivity index (χ4v) is 2.64. The van der Waals surface area contributed by atoms with Crippen LogP contribution in [0.2, 0.25) is 0 Å². The fraction of sp³-hybridized carbons (Fsp3) is 0.0909. The van der Waals surface area contributed by atoms with E-state index in [1.807, 2.05) is 55.4 Å². The SMILES string of the molecule is Cc1ccc(NC(=O)c2ccc(NN(C)c3ccc(C(N)=O)cc3)cc2)cc1. The van der Waals surface area contributed by atoms with E-state index in [1.165, 1.54) is 0 Å². The number of rotatable bonds is 6. The molecule has 3 aromatic rings. The highest BCUT2D eigenvalue weighted by Gasteiger charge is 2.07. The molecule has 3 rings (SSSR count). The van der Waals surface area contributed by atoms with Gasteiger partial charge in [-0.15, -0.1) is 0 Å². The highest BCUT2D eigenvalue weighted by molar-refractivity contribution is 6.04. The molecule has 3 aromatic carbocycles. The number of nitrogens with one attached hydrogen (secondary N) is 2. The van der Waals surface area contributed by atoms with Crippen LogP contribution in [-0.4, -0.2) is 18.9 Å². The summed E-state index contributed by atoms with van der Waals surface area (Å²) in [7, 11) is 1.86. The normalized spacial score (nSPS) is 10.2.